The van der Waals surface area contributed by atoms with E-state index in [0.29, 0.717) is 31.6 Å². The molecule has 3 nitrogen and oxygen atoms in total. The van der Waals surface area contributed by atoms with Gasteiger partial charge >= 0.3 is 0 Å². The largest absolute Gasteiger partial charge is 0.385 e. The lowest BCUT2D eigenvalue weighted by Crippen LogP contribution is -2.47. The summed E-state index contributed by atoms with van der Waals surface area (Å²) in [5.41, 5.74) is 0.359. The number of benzene rings is 1. The van der Waals surface area contributed by atoms with Crippen LogP contribution in [0.2, 0.25) is 0 Å². The van der Waals surface area contributed by atoms with Crippen LogP contribution in [0.5, 0.6) is 0 Å². The highest BCUT2D eigenvalue weighted by Crippen LogP contribution is 2.50. The zero-order chi connectivity index (χ0) is 14.5. The lowest BCUT2D eigenvalue weighted by atomic mass is 9.73. The van der Waals surface area contributed by atoms with Gasteiger partial charge < -0.3 is 14.6 Å². The zero-order valence-electron chi connectivity index (χ0n) is 12.1. The Morgan fingerprint density at radius 3 is 2.95 bits per heavy atom. The average molecular weight is 292 g/mol. The van der Waals surface area contributed by atoms with E-state index < -0.39 is 5.60 Å². The molecule has 2 aliphatic heterocycles. The van der Waals surface area contributed by atoms with Crippen molar-refractivity contribution in [2.45, 2.75) is 43.3 Å². The second kappa shape index (κ2) is 4.77. The molecule has 1 spiro atoms. The van der Waals surface area contributed by atoms with E-state index in [4.69, 9.17) is 9.47 Å². The molecular formula is C17H21FO3. The van der Waals surface area contributed by atoms with Crippen molar-refractivity contribution in [1.29, 1.82) is 0 Å². The zero-order valence-corrected chi connectivity index (χ0v) is 12.1. The maximum Gasteiger partial charge on any atom is 0.126 e. The molecule has 2 fully saturated rings. The SMILES string of the molecule is OC1(C2CCOC3(CCOC3)C2)CCc2c(F)cccc21. The molecule has 3 atom stereocenters. The van der Waals surface area contributed by atoms with Gasteiger partial charge in [0.1, 0.15) is 5.82 Å². The van der Waals surface area contributed by atoms with Crippen LogP contribution < -0.4 is 0 Å². The highest BCUT2D eigenvalue weighted by Gasteiger charge is 2.50. The maximum absolute atomic E-state index is 13.9. The fourth-order valence-electron chi connectivity index (χ4n) is 4.39. The summed E-state index contributed by atoms with van der Waals surface area (Å²) in [5, 5.41) is 11.3. The van der Waals surface area contributed by atoms with Crippen molar-refractivity contribution in [3.05, 3.63) is 35.1 Å². The monoisotopic (exact) mass is 292 g/mol. The van der Waals surface area contributed by atoms with E-state index in [-0.39, 0.29) is 17.3 Å². The summed E-state index contributed by atoms with van der Waals surface area (Å²) in [4.78, 5) is 0. The summed E-state index contributed by atoms with van der Waals surface area (Å²) in [6.45, 7) is 2.01. The molecule has 1 aromatic carbocycles. The predicted molar refractivity (Wildman–Crippen MR) is 75.5 cm³/mol. The van der Waals surface area contributed by atoms with Crippen LogP contribution in [0.4, 0.5) is 4.39 Å². The van der Waals surface area contributed by atoms with Gasteiger partial charge in [-0.1, -0.05) is 12.1 Å². The molecule has 0 saturated carbocycles. The Morgan fingerprint density at radius 1 is 1.24 bits per heavy atom. The molecule has 0 amide bonds. The van der Waals surface area contributed by atoms with Crippen LogP contribution in [0.15, 0.2) is 18.2 Å². The van der Waals surface area contributed by atoms with Crippen LogP contribution >= 0.6 is 0 Å². The van der Waals surface area contributed by atoms with E-state index >= 15 is 0 Å². The molecule has 2 heterocycles. The molecule has 4 heteroatoms. The van der Waals surface area contributed by atoms with Gasteiger partial charge in [-0.2, -0.15) is 0 Å². The van der Waals surface area contributed by atoms with Crippen molar-refractivity contribution < 1.29 is 19.0 Å². The molecule has 1 aliphatic carbocycles. The number of fused-ring (bicyclic) bond motifs is 1. The van der Waals surface area contributed by atoms with Gasteiger partial charge in [0.15, 0.2) is 0 Å². The Hall–Kier alpha value is -0.970. The fourth-order valence-corrected chi connectivity index (χ4v) is 4.39. The first-order chi connectivity index (χ1) is 10.1. The van der Waals surface area contributed by atoms with E-state index in [1.54, 1.807) is 6.07 Å². The normalized spacial score (nSPS) is 38.9. The first-order valence-corrected chi connectivity index (χ1v) is 7.85. The second-order valence-electron chi connectivity index (χ2n) is 6.71. The van der Waals surface area contributed by atoms with Gasteiger partial charge in [-0.25, -0.2) is 4.39 Å². The Labute approximate surface area is 124 Å². The second-order valence-corrected chi connectivity index (χ2v) is 6.71. The molecule has 4 rings (SSSR count). The van der Waals surface area contributed by atoms with Gasteiger partial charge in [0.2, 0.25) is 0 Å². The van der Waals surface area contributed by atoms with Gasteiger partial charge in [0.05, 0.1) is 17.8 Å². The Morgan fingerprint density at radius 2 is 2.14 bits per heavy atom. The summed E-state index contributed by atoms with van der Waals surface area (Å²) in [6, 6.07) is 5.08. The van der Waals surface area contributed by atoms with E-state index in [0.717, 1.165) is 31.4 Å². The van der Waals surface area contributed by atoms with Crippen LogP contribution in [0.25, 0.3) is 0 Å². The number of ether oxygens (including phenoxy) is 2. The molecule has 0 aromatic heterocycles. The summed E-state index contributed by atoms with van der Waals surface area (Å²) in [5.74, 6) is -0.0644. The van der Waals surface area contributed by atoms with E-state index in [1.165, 1.54) is 6.07 Å². The molecule has 21 heavy (non-hydrogen) atoms. The Kier molecular flexibility index (Phi) is 3.10. The van der Waals surface area contributed by atoms with Crippen molar-refractivity contribution in [2.75, 3.05) is 19.8 Å². The standard InChI is InChI=1S/C17H21FO3/c18-15-3-1-2-14-13(15)4-6-17(14,19)12-5-8-21-16(10-12)7-9-20-11-16/h1-3,12,19H,4-11H2. The minimum atomic E-state index is -0.906. The third kappa shape index (κ3) is 2.04. The smallest absolute Gasteiger partial charge is 0.126 e. The summed E-state index contributed by atoms with van der Waals surface area (Å²) >= 11 is 0. The number of halogens is 1. The predicted octanol–water partition coefficient (Wildman–Crippen LogP) is 2.55. The Bertz CT molecular complexity index is 553. The van der Waals surface area contributed by atoms with Crippen molar-refractivity contribution in [3.63, 3.8) is 0 Å². The quantitative estimate of drug-likeness (QED) is 0.864. The molecule has 3 aliphatic rings. The van der Waals surface area contributed by atoms with Crippen LogP contribution in [0.3, 0.4) is 0 Å². The molecule has 114 valence electrons. The van der Waals surface area contributed by atoms with Crippen molar-refractivity contribution in [2.24, 2.45) is 5.92 Å². The van der Waals surface area contributed by atoms with Crippen LogP contribution in [-0.2, 0) is 21.5 Å². The number of hydrogen-bond acceptors (Lipinski definition) is 3. The molecule has 1 aromatic rings. The third-order valence-electron chi connectivity index (χ3n) is 5.58. The summed E-state index contributed by atoms with van der Waals surface area (Å²) in [7, 11) is 0. The van der Waals surface area contributed by atoms with Gasteiger partial charge in [0, 0.05) is 19.6 Å². The van der Waals surface area contributed by atoms with Crippen LogP contribution in [-0.4, -0.2) is 30.5 Å². The van der Waals surface area contributed by atoms with Crippen molar-refractivity contribution in [3.8, 4) is 0 Å². The average Bonchev–Trinajstić information content (AvgIpc) is 3.07. The van der Waals surface area contributed by atoms with E-state index in [9.17, 15) is 9.50 Å². The lowest BCUT2D eigenvalue weighted by Gasteiger charge is -2.43. The fraction of sp³-hybridized carbons (Fsp3) is 0.647. The van der Waals surface area contributed by atoms with Gasteiger partial charge in [0.25, 0.3) is 0 Å². The minimum Gasteiger partial charge on any atom is -0.385 e. The summed E-state index contributed by atoms with van der Waals surface area (Å²) < 4.78 is 25.4. The first kappa shape index (κ1) is 13.7. The number of aliphatic hydroxyl groups is 1. The molecule has 0 radical (unpaired) electrons. The molecular weight excluding hydrogens is 271 g/mol. The highest BCUT2D eigenvalue weighted by atomic mass is 19.1. The lowest BCUT2D eigenvalue weighted by molar-refractivity contribution is -0.145. The summed E-state index contributed by atoms with van der Waals surface area (Å²) in [6.07, 6.45) is 3.77. The molecule has 0 bridgehead atoms. The maximum atomic E-state index is 13.9. The molecule has 3 unspecified atom stereocenters. The van der Waals surface area contributed by atoms with Gasteiger partial charge in [-0.15, -0.1) is 0 Å². The minimum absolute atomic E-state index is 0.121. The number of hydrogen-bond donors (Lipinski definition) is 1. The van der Waals surface area contributed by atoms with Gasteiger partial charge in [-0.05, 0) is 48.8 Å². The topological polar surface area (TPSA) is 38.7 Å². The van der Waals surface area contributed by atoms with Gasteiger partial charge in [-0.3, -0.25) is 0 Å². The van der Waals surface area contributed by atoms with Crippen LogP contribution in [0.1, 0.15) is 36.8 Å². The molecule has 2 saturated heterocycles. The number of rotatable bonds is 1. The van der Waals surface area contributed by atoms with Crippen molar-refractivity contribution in [1.82, 2.24) is 0 Å². The third-order valence-corrected chi connectivity index (χ3v) is 5.58. The van der Waals surface area contributed by atoms with Crippen molar-refractivity contribution >= 4 is 0 Å². The van der Waals surface area contributed by atoms with E-state index in [2.05, 4.69) is 0 Å². The first-order valence-electron chi connectivity index (χ1n) is 7.85. The van der Waals surface area contributed by atoms with E-state index in [1.807, 2.05) is 6.07 Å². The molecule has 1 N–H and O–H groups in total. The highest BCUT2D eigenvalue weighted by molar-refractivity contribution is 5.39. The Balaban J connectivity index is 1.66. The van der Waals surface area contributed by atoms with Crippen LogP contribution in [0, 0.1) is 11.7 Å².